The van der Waals surface area contributed by atoms with Gasteiger partial charge in [0.05, 0.1) is 6.04 Å². The van der Waals surface area contributed by atoms with Crippen molar-refractivity contribution >= 4 is 21.7 Å². The zero-order chi connectivity index (χ0) is 9.84. The number of aromatic nitrogens is 1. The number of nitrogens with one attached hydrogen (secondary N) is 1. The topological polar surface area (TPSA) is 24.9 Å². The van der Waals surface area contributed by atoms with Gasteiger partial charge in [0.1, 0.15) is 5.82 Å². The maximum Gasteiger partial charge on any atom is 0.129 e. The van der Waals surface area contributed by atoms with Crippen molar-refractivity contribution in [3.63, 3.8) is 0 Å². The third kappa shape index (κ3) is 2.74. The maximum absolute atomic E-state index is 5.25. The highest BCUT2D eigenvalue weighted by Crippen LogP contribution is 2.17. The fourth-order valence-electron chi connectivity index (χ4n) is 0.938. The van der Waals surface area contributed by atoms with Crippen LogP contribution in [-0.2, 0) is 0 Å². The Labute approximate surface area is 86.9 Å². The van der Waals surface area contributed by atoms with E-state index < -0.39 is 0 Å². The summed E-state index contributed by atoms with van der Waals surface area (Å²) >= 11 is 3.35. The molecule has 1 aromatic heterocycles. The second-order valence-corrected chi connectivity index (χ2v) is 3.77. The molecule has 0 radical (unpaired) electrons. The van der Waals surface area contributed by atoms with Gasteiger partial charge >= 0.3 is 0 Å². The van der Waals surface area contributed by atoms with E-state index in [2.05, 4.69) is 32.2 Å². The first-order chi connectivity index (χ1) is 6.13. The minimum Gasteiger partial charge on any atom is -0.357 e. The molecule has 0 fully saturated rings. The van der Waals surface area contributed by atoms with Gasteiger partial charge in [-0.2, -0.15) is 0 Å². The average molecular weight is 239 g/mol. The van der Waals surface area contributed by atoms with Crippen LogP contribution in [0.15, 0.2) is 16.7 Å². The molecule has 1 N–H and O–H groups in total. The lowest BCUT2D eigenvalue weighted by Crippen LogP contribution is -2.14. The van der Waals surface area contributed by atoms with E-state index in [0.29, 0.717) is 0 Å². The fraction of sp³-hybridized carbons (Fsp3) is 0.300. The first-order valence-electron chi connectivity index (χ1n) is 3.98. The van der Waals surface area contributed by atoms with E-state index in [9.17, 15) is 0 Å². The molecule has 1 heterocycles. The Morgan fingerprint density at radius 1 is 1.69 bits per heavy atom. The van der Waals surface area contributed by atoms with Crippen LogP contribution in [0.4, 0.5) is 5.82 Å². The van der Waals surface area contributed by atoms with Crippen LogP contribution in [-0.4, -0.2) is 11.0 Å². The molecule has 2 nitrogen and oxygen atoms in total. The van der Waals surface area contributed by atoms with Crippen LogP contribution < -0.4 is 5.32 Å². The fourth-order valence-corrected chi connectivity index (χ4v) is 1.38. The van der Waals surface area contributed by atoms with E-state index in [1.165, 1.54) is 0 Å². The quantitative estimate of drug-likeness (QED) is 0.802. The molecule has 1 atom stereocenters. The van der Waals surface area contributed by atoms with Crippen LogP contribution in [0.5, 0.6) is 0 Å². The van der Waals surface area contributed by atoms with Gasteiger partial charge in [-0.3, -0.25) is 0 Å². The van der Waals surface area contributed by atoms with E-state index in [4.69, 9.17) is 6.42 Å². The van der Waals surface area contributed by atoms with Gasteiger partial charge in [-0.25, -0.2) is 4.98 Å². The van der Waals surface area contributed by atoms with Crippen molar-refractivity contribution in [1.82, 2.24) is 4.98 Å². The molecule has 68 valence electrons. The lowest BCUT2D eigenvalue weighted by Gasteiger charge is -2.10. The van der Waals surface area contributed by atoms with Crippen LogP contribution in [0.2, 0.25) is 0 Å². The summed E-state index contributed by atoms with van der Waals surface area (Å²) in [5, 5.41) is 3.12. The van der Waals surface area contributed by atoms with Gasteiger partial charge in [0, 0.05) is 10.7 Å². The molecular weight excluding hydrogens is 228 g/mol. The van der Waals surface area contributed by atoms with Gasteiger partial charge in [-0.15, -0.1) is 6.42 Å². The normalized spacial score (nSPS) is 11.8. The standard InChI is InChI=1S/C10H11BrN2/c1-4-8(3)13-10-7(2)5-9(11)6-12-10/h1,5-6,8H,2-3H3,(H,12,13). The molecule has 1 aromatic rings. The van der Waals surface area contributed by atoms with Crippen molar-refractivity contribution in [2.45, 2.75) is 19.9 Å². The average Bonchev–Trinajstić information content (AvgIpc) is 2.09. The third-order valence-electron chi connectivity index (χ3n) is 1.65. The van der Waals surface area contributed by atoms with E-state index in [1.54, 1.807) is 6.20 Å². The zero-order valence-electron chi connectivity index (χ0n) is 7.63. The SMILES string of the molecule is C#CC(C)Nc1ncc(Br)cc1C. The highest BCUT2D eigenvalue weighted by atomic mass is 79.9. The van der Waals surface area contributed by atoms with Gasteiger partial charge in [0.2, 0.25) is 0 Å². The summed E-state index contributed by atoms with van der Waals surface area (Å²) in [6.45, 7) is 3.91. The minimum atomic E-state index is 0.00683. The lowest BCUT2D eigenvalue weighted by atomic mass is 10.2. The zero-order valence-corrected chi connectivity index (χ0v) is 9.22. The Balaban J connectivity index is 2.85. The molecule has 0 saturated heterocycles. The molecule has 13 heavy (non-hydrogen) atoms. The second kappa shape index (κ2) is 4.29. The minimum absolute atomic E-state index is 0.00683. The predicted molar refractivity (Wildman–Crippen MR) is 58.6 cm³/mol. The van der Waals surface area contributed by atoms with E-state index in [-0.39, 0.29) is 6.04 Å². The molecular formula is C10H11BrN2. The Morgan fingerprint density at radius 2 is 2.38 bits per heavy atom. The molecule has 0 amide bonds. The van der Waals surface area contributed by atoms with E-state index in [1.807, 2.05) is 19.9 Å². The summed E-state index contributed by atoms with van der Waals surface area (Å²) in [5.74, 6) is 3.43. The number of hydrogen-bond donors (Lipinski definition) is 1. The van der Waals surface area contributed by atoms with Crippen LogP contribution in [0.3, 0.4) is 0 Å². The van der Waals surface area contributed by atoms with E-state index >= 15 is 0 Å². The van der Waals surface area contributed by atoms with Gasteiger partial charge in [-0.05, 0) is 41.4 Å². The number of halogens is 1. The Hall–Kier alpha value is -1.01. The van der Waals surface area contributed by atoms with Gasteiger partial charge in [-0.1, -0.05) is 5.92 Å². The lowest BCUT2D eigenvalue weighted by molar-refractivity contribution is 1.01. The van der Waals surface area contributed by atoms with Gasteiger partial charge in [0.25, 0.3) is 0 Å². The van der Waals surface area contributed by atoms with Crippen molar-refractivity contribution in [1.29, 1.82) is 0 Å². The highest BCUT2D eigenvalue weighted by molar-refractivity contribution is 9.10. The summed E-state index contributed by atoms with van der Waals surface area (Å²) < 4.78 is 0.976. The predicted octanol–water partition coefficient (Wildman–Crippen LogP) is 2.59. The van der Waals surface area contributed by atoms with Crippen LogP contribution in [0.25, 0.3) is 0 Å². The molecule has 1 unspecified atom stereocenters. The van der Waals surface area contributed by atoms with Crippen molar-refractivity contribution in [2.75, 3.05) is 5.32 Å². The van der Waals surface area contributed by atoms with Crippen molar-refractivity contribution in [2.24, 2.45) is 0 Å². The van der Waals surface area contributed by atoms with Crippen LogP contribution >= 0.6 is 15.9 Å². The number of rotatable bonds is 2. The van der Waals surface area contributed by atoms with Crippen molar-refractivity contribution in [3.05, 3.63) is 22.3 Å². The number of aryl methyl sites for hydroxylation is 1. The smallest absolute Gasteiger partial charge is 0.129 e. The number of pyridine rings is 1. The Kier molecular flexibility index (Phi) is 3.32. The molecule has 0 aromatic carbocycles. The van der Waals surface area contributed by atoms with Crippen LogP contribution in [0.1, 0.15) is 12.5 Å². The Morgan fingerprint density at radius 3 is 2.92 bits per heavy atom. The highest BCUT2D eigenvalue weighted by Gasteiger charge is 2.02. The summed E-state index contributed by atoms with van der Waals surface area (Å²) in [6, 6.07) is 2.01. The first-order valence-corrected chi connectivity index (χ1v) is 4.77. The summed E-state index contributed by atoms with van der Waals surface area (Å²) in [7, 11) is 0. The second-order valence-electron chi connectivity index (χ2n) is 2.85. The molecule has 0 aliphatic heterocycles. The summed E-state index contributed by atoms with van der Waals surface area (Å²) in [5.41, 5.74) is 1.08. The first kappa shape index (κ1) is 10.1. The van der Waals surface area contributed by atoms with Crippen molar-refractivity contribution in [3.8, 4) is 12.3 Å². The molecule has 0 aliphatic rings. The molecule has 0 bridgehead atoms. The number of terminal acetylenes is 1. The third-order valence-corrected chi connectivity index (χ3v) is 2.08. The number of nitrogens with zero attached hydrogens (tertiary/aromatic N) is 1. The monoisotopic (exact) mass is 238 g/mol. The van der Waals surface area contributed by atoms with Crippen LogP contribution in [0, 0.1) is 19.3 Å². The van der Waals surface area contributed by atoms with Crippen molar-refractivity contribution < 1.29 is 0 Å². The molecule has 0 spiro atoms. The largest absolute Gasteiger partial charge is 0.357 e. The summed E-state index contributed by atoms with van der Waals surface area (Å²) in [4.78, 5) is 4.21. The molecule has 0 aliphatic carbocycles. The molecule has 1 rings (SSSR count). The van der Waals surface area contributed by atoms with E-state index in [0.717, 1.165) is 15.9 Å². The Bertz CT molecular complexity index is 341. The number of anilines is 1. The number of hydrogen-bond acceptors (Lipinski definition) is 2. The maximum atomic E-state index is 5.25. The molecule has 0 saturated carbocycles. The van der Waals surface area contributed by atoms with Gasteiger partial charge in [0.15, 0.2) is 0 Å². The van der Waals surface area contributed by atoms with Gasteiger partial charge < -0.3 is 5.32 Å². The molecule has 3 heteroatoms. The summed E-state index contributed by atoms with van der Waals surface area (Å²) in [6.07, 6.45) is 7.00.